The lowest BCUT2D eigenvalue weighted by molar-refractivity contribution is 0.0732. The molecule has 8 heteroatoms. The molecular weight excluding hydrogens is 459 g/mol. The van der Waals surface area contributed by atoms with Crippen molar-refractivity contribution in [3.05, 3.63) is 108 Å². The van der Waals surface area contributed by atoms with Crippen LogP contribution in [0.3, 0.4) is 0 Å². The van der Waals surface area contributed by atoms with E-state index in [1.54, 1.807) is 17.0 Å². The number of rotatable bonds is 9. The highest BCUT2D eigenvalue weighted by atomic mass is 19.1. The topological polar surface area (TPSA) is 68.6 Å². The van der Waals surface area contributed by atoms with E-state index in [9.17, 15) is 9.18 Å². The number of hydrogen-bond donors (Lipinski definition) is 1. The summed E-state index contributed by atoms with van der Waals surface area (Å²) in [7, 11) is 0. The Labute approximate surface area is 209 Å². The third kappa shape index (κ3) is 5.49. The van der Waals surface area contributed by atoms with E-state index in [-0.39, 0.29) is 18.3 Å². The van der Waals surface area contributed by atoms with Crippen molar-refractivity contribution in [1.29, 1.82) is 0 Å². The highest BCUT2D eigenvalue weighted by Gasteiger charge is 2.30. The number of nitrogens with one attached hydrogen (secondary N) is 1. The molecule has 3 aromatic carbocycles. The summed E-state index contributed by atoms with van der Waals surface area (Å²) in [6, 6.07) is 25.3. The predicted octanol–water partition coefficient (Wildman–Crippen LogP) is 4.60. The monoisotopic (exact) mass is 486 g/mol. The SMILES string of the molecule is O=C1c2c(nc(COc3ccc(F)cc3)n2Cc2ccccc2)NCCN1CCOc1ccccc1. The summed E-state index contributed by atoms with van der Waals surface area (Å²) in [5.74, 6) is 2.01. The second-order valence-corrected chi connectivity index (χ2v) is 8.42. The van der Waals surface area contributed by atoms with Crippen LogP contribution in [0.25, 0.3) is 0 Å². The van der Waals surface area contributed by atoms with Crippen LogP contribution in [-0.2, 0) is 13.2 Å². The smallest absolute Gasteiger partial charge is 0.274 e. The summed E-state index contributed by atoms with van der Waals surface area (Å²) in [5.41, 5.74) is 1.53. The number of aromatic nitrogens is 2. The average molecular weight is 487 g/mol. The van der Waals surface area contributed by atoms with Crippen LogP contribution in [0.4, 0.5) is 10.2 Å². The van der Waals surface area contributed by atoms with Gasteiger partial charge < -0.3 is 24.3 Å². The Kier molecular flexibility index (Phi) is 7.12. The molecule has 0 spiro atoms. The minimum Gasteiger partial charge on any atom is -0.492 e. The maximum atomic E-state index is 13.7. The molecule has 0 unspecified atom stereocenters. The van der Waals surface area contributed by atoms with E-state index in [0.717, 1.165) is 11.3 Å². The molecule has 1 aromatic heterocycles. The van der Waals surface area contributed by atoms with Gasteiger partial charge in [-0.25, -0.2) is 9.37 Å². The van der Waals surface area contributed by atoms with Gasteiger partial charge in [0.15, 0.2) is 11.5 Å². The largest absolute Gasteiger partial charge is 0.492 e. The number of ether oxygens (including phenoxy) is 2. The summed E-state index contributed by atoms with van der Waals surface area (Å²) in [4.78, 5) is 20.2. The van der Waals surface area contributed by atoms with Crippen molar-refractivity contribution in [3.8, 4) is 11.5 Å². The summed E-state index contributed by atoms with van der Waals surface area (Å²) in [6.07, 6.45) is 0. The standard InChI is InChI=1S/C28H27FN4O3/c29-22-11-13-24(14-12-22)36-20-25-31-27-26(33(25)19-21-7-3-1-4-8-21)28(34)32(16-15-30-27)17-18-35-23-9-5-2-6-10-23/h1-14,30H,15-20H2. The van der Waals surface area contributed by atoms with Crippen LogP contribution in [0.1, 0.15) is 21.9 Å². The highest BCUT2D eigenvalue weighted by molar-refractivity contribution is 5.98. The molecule has 0 saturated carbocycles. The number of para-hydroxylation sites is 1. The number of halogens is 1. The molecule has 0 aliphatic carbocycles. The van der Waals surface area contributed by atoms with E-state index in [1.165, 1.54) is 12.1 Å². The van der Waals surface area contributed by atoms with Crippen molar-refractivity contribution < 1.29 is 18.7 Å². The Bertz CT molecular complexity index is 1290. The van der Waals surface area contributed by atoms with Crippen molar-refractivity contribution in [2.24, 2.45) is 0 Å². The fraction of sp³-hybridized carbons (Fsp3) is 0.214. The van der Waals surface area contributed by atoms with Crippen LogP contribution in [0.2, 0.25) is 0 Å². The molecule has 5 rings (SSSR count). The number of amides is 1. The number of carbonyl (C=O) groups excluding carboxylic acids is 1. The van der Waals surface area contributed by atoms with Gasteiger partial charge in [0.2, 0.25) is 0 Å². The van der Waals surface area contributed by atoms with Crippen molar-refractivity contribution in [1.82, 2.24) is 14.5 Å². The van der Waals surface area contributed by atoms with Crippen molar-refractivity contribution in [3.63, 3.8) is 0 Å². The minimum absolute atomic E-state index is 0.108. The Balaban J connectivity index is 1.38. The van der Waals surface area contributed by atoms with Gasteiger partial charge in [0.05, 0.1) is 6.54 Å². The van der Waals surface area contributed by atoms with Crippen LogP contribution in [0, 0.1) is 5.82 Å². The van der Waals surface area contributed by atoms with E-state index in [0.29, 0.717) is 55.9 Å². The molecule has 0 bridgehead atoms. The first-order valence-electron chi connectivity index (χ1n) is 11.9. The van der Waals surface area contributed by atoms with Gasteiger partial charge in [-0.2, -0.15) is 0 Å². The van der Waals surface area contributed by atoms with Crippen molar-refractivity contribution >= 4 is 11.7 Å². The molecule has 7 nitrogen and oxygen atoms in total. The van der Waals surface area contributed by atoms with Gasteiger partial charge in [0.25, 0.3) is 5.91 Å². The summed E-state index contributed by atoms with van der Waals surface area (Å²) in [5, 5.41) is 3.31. The molecule has 1 aliphatic heterocycles. The summed E-state index contributed by atoms with van der Waals surface area (Å²) in [6.45, 7) is 2.56. The molecule has 2 heterocycles. The number of anilines is 1. The zero-order chi connectivity index (χ0) is 24.7. The first-order valence-corrected chi connectivity index (χ1v) is 11.9. The molecule has 0 radical (unpaired) electrons. The van der Waals surface area contributed by atoms with Gasteiger partial charge >= 0.3 is 0 Å². The third-order valence-electron chi connectivity index (χ3n) is 5.95. The molecule has 1 N–H and O–H groups in total. The van der Waals surface area contributed by atoms with Crippen LogP contribution >= 0.6 is 0 Å². The number of fused-ring (bicyclic) bond motifs is 1. The lowest BCUT2D eigenvalue weighted by atomic mass is 10.2. The van der Waals surface area contributed by atoms with Crippen LogP contribution in [0.15, 0.2) is 84.9 Å². The molecule has 1 aliphatic rings. The van der Waals surface area contributed by atoms with E-state index in [2.05, 4.69) is 5.32 Å². The molecule has 1 amide bonds. The van der Waals surface area contributed by atoms with E-state index < -0.39 is 0 Å². The molecule has 0 fully saturated rings. The third-order valence-corrected chi connectivity index (χ3v) is 5.95. The zero-order valence-corrected chi connectivity index (χ0v) is 19.8. The fourth-order valence-corrected chi connectivity index (χ4v) is 4.13. The van der Waals surface area contributed by atoms with Gasteiger partial charge in [-0.1, -0.05) is 48.5 Å². The predicted molar refractivity (Wildman–Crippen MR) is 135 cm³/mol. The Morgan fingerprint density at radius 1 is 0.889 bits per heavy atom. The maximum Gasteiger partial charge on any atom is 0.274 e. The van der Waals surface area contributed by atoms with Crippen LogP contribution in [0.5, 0.6) is 11.5 Å². The van der Waals surface area contributed by atoms with Gasteiger partial charge in [-0.15, -0.1) is 0 Å². The first-order chi connectivity index (χ1) is 17.7. The molecule has 0 saturated heterocycles. The van der Waals surface area contributed by atoms with Crippen molar-refractivity contribution in [2.45, 2.75) is 13.2 Å². The molecule has 4 aromatic rings. The van der Waals surface area contributed by atoms with E-state index in [1.807, 2.05) is 65.2 Å². The Hall–Kier alpha value is -4.33. The number of benzene rings is 3. The lowest BCUT2D eigenvalue weighted by Crippen LogP contribution is -2.37. The van der Waals surface area contributed by atoms with Crippen LogP contribution < -0.4 is 14.8 Å². The van der Waals surface area contributed by atoms with Gasteiger partial charge in [-0.3, -0.25) is 4.79 Å². The zero-order valence-electron chi connectivity index (χ0n) is 19.8. The average Bonchev–Trinajstić information content (AvgIpc) is 3.16. The number of imidazole rings is 1. The highest BCUT2D eigenvalue weighted by Crippen LogP contribution is 2.25. The van der Waals surface area contributed by atoms with Crippen LogP contribution in [-0.4, -0.2) is 46.6 Å². The first kappa shape index (κ1) is 23.4. The van der Waals surface area contributed by atoms with E-state index in [4.69, 9.17) is 14.5 Å². The van der Waals surface area contributed by atoms with Gasteiger partial charge in [-0.05, 0) is 42.0 Å². The Morgan fingerprint density at radius 2 is 1.58 bits per heavy atom. The Morgan fingerprint density at radius 3 is 2.33 bits per heavy atom. The second kappa shape index (κ2) is 10.9. The molecule has 184 valence electrons. The number of carbonyl (C=O) groups is 1. The summed E-state index contributed by atoms with van der Waals surface area (Å²) < 4.78 is 26.9. The molecular formula is C28H27FN4O3. The quantitative estimate of drug-likeness (QED) is 0.375. The maximum absolute atomic E-state index is 13.7. The second-order valence-electron chi connectivity index (χ2n) is 8.42. The molecule has 0 atom stereocenters. The minimum atomic E-state index is -0.328. The normalized spacial score (nSPS) is 13.0. The molecule has 36 heavy (non-hydrogen) atoms. The van der Waals surface area contributed by atoms with Crippen molar-refractivity contribution in [2.75, 3.05) is 31.6 Å². The number of nitrogens with zero attached hydrogens (tertiary/aromatic N) is 3. The lowest BCUT2D eigenvalue weighted by Gasteiger charge is -2.22. The van der Waals surface area contributed by atoms with E-state index >= 15 is 0 Å². The van der Waals surface area contributed by atoms with Gasteiger partial charge in [0.1, 0.15) is 36.4 Å². The van der Waals surface area contributed by atoms with Gasteiger partial charge in [0, 0.05) is 19.6 Å². The fourth-order valence-electron chi connectivity index (χ4n) is 4.13. The summed E-state index contributed by atoms with van der Waals surface area (Å²) >= 11 is 0. The number of hydrogen-bond acceptors (Lipinski definition) is 5.